The van der Waals surface area contributed by atoms with Crippen LogP contribution in [-0.4, -0.2) is 80.9 Å². The molecule has 19 nitrogen and oxygen atoms in total. The van der Waals surface area contributed by atoms with Crippen molar-refractivity contribution in [1.82, 2.24) is 39.0 Å². The highest BCUT2D eigenvalue weighted by molar-refractivity contribution is 8.39. The third-order valence-corrected chi connectivity index (χ3v) is 8.61. The van der Waals surface area contributed by atoms with Gasteiger partial charge in [-0.15, -0.1) is 4.52 Å². The van der Waals surface area contributed by atoms with Crippen molar-refractivity contribution in [3.63, 3.8) is 0 Å². The summed E-state index contributed by atoms with van der Waals surface area (Å²) in [4.78, 5) is 45.6. The van der Waals surface area contributed by atoms with Crippen molar-refractivity contribution in [3.05, 3.63) is 29.3 Å². The Kier molecular flexibility index (Phi) is 6.67. The van der Waals surface area contributed by atoms with Crippen molar-refractivity contribution in [1.29, 1.82) is 0 Å². The molecule has 0 saturated carbocycles. The number of nitrogens with one attached hydrogen (secondary N) is 1. The Morgan fingerprint density at radius 3 is 2.59 bits per heavy atom. The number of nitrogens with two attached hydrogens (primary N) is 2. The first-order valence-electron chi connectivity index (χ1n) is 11.1. The topological polar surface area (TPSA) is 263 Å². The molecule has 6 rings (SSSR count). The number of aromatic nitrogens is 8. The first-order valence-corrected chi connectivity index (χ1v) is 16.1. The molecule has 7 N–H and O–H groups in total. The van der Waals surface area contributed by atoms with Gasteiger partial charge < -0.3 is 30.9 Å². The van der Waals surface area contributed by atoms with E-state index in [1.165, 1.54) is 0 Å². The average Bonchev–Trinajstić information content (AvgIpc) is 3.53. The predicted molar refractivity (Wildman–Crippen MR) is 141 cm³/mol. The normalized spacial score (nSPS) is 29.7. The van der Waals surface area contributed by atoms with E-state index in [0.717, 1.165) is 28.1 Å². The maximum atomic E-state index is 16.8. The van der Waals surface area contributed by atoms with Gasteiger partial charge in [0.25, 0.3) is 17.1 Å². The van der Waals surface area contributed by atoms with Gasteiger partial charge in [-0.25, -0.2) is 24.3 Å². The molecule has 2 saturated heterocycles. The summed E-state index contributed by atoms with van der Waals surface area (Å²) >= 11 is 8.88. The molecule has 41 heavy (non-hydrogen) atoms. The highest BCUT2D eigenvalue weighted by Crippen LogP contribution is 2.61. The number of aliphatic hydroxyl groups excluding tert-OH is 1. The molecule has 6 atom stereocenters. The number of aliphatic hydroxyl groups is 1. The minimum atomic E-state index is -4.71. The second kappa shape index (κ2) is 9.64. The van der Waals surface area contributed by atoms with E-state index in [0.29, 0.717) is 0 Å². The van der Waals surface area contributed by atoms with Gasteiger partial charge in [-0.2, -0.15) is 4.98 Å². The Hall–Kier alpha value is -2.75. The molecule has 0 spiro atoms. The SMILES string of the molecule is Nc1nc2c(ncn2[C@@]2(OP(O)(=S)OC3(CO[P+](=O)S)OC[C@]3(F)n3cnc4c(N)ncnc43)COC2O)c(=O)[nH]1. The third-order valence-electron chi connectivity index (χ3n) is 6.39. The lowest BCUT2D eigenvalue weighted by atomic mass is 10.00. The van der Waals surface area contributed by atoms with Crippen LogP contribution in [0.15, 0.2) is 23.8 Å². The average molecular weight is 651 g/mol. The number of alkyl halides is 1. The summed E-state index contributed by atoms with van der Waals surface area (Å²) in [6.07, 6.45) is 1.38. The predicted octanol–water partition coefficient (Wildman–Crippen LogP) is -0.672. The van der Waals surface area contributed by atoms with Gasteiger partial charge in [0, 0.05) is 0 Å². The van der Waals surface area contributed by atoms with Crippen molar-refractivity contribution < 1.29 is 42.0 Å². The molecule has 0 aliphatic carbocycles. The largest absolute Gasteiger partial charge is 0.582 e. The maximum absolute atomic E-state index is 16.8. The van der Waals surface area contributed by atoms with Crippen molar-refractivity contribution in [3.8, 4) is 0 Å². The second-order valence-corrected chi connectivity index (χ2v) is 13.2. The van der Waals surface area contributed by atoms with Crippen LogP contribution in [0, 0.1) is 0 Å². The van der Waals surface area contributed by atoms with Gasteiger partial charge in [0.15, 0.2) is 29.2 Å². The van der Waals surface area contributed by atoms with Crippen molar-refractivity contribution in [2.75, 3.05) is 31.3 Å². The van der Waals surface area contributed by atoms with E-state index in [-0.39, 0.29) is 34.1 Å². The zero-order chi connectivity index (χ0) is 29.4. The van der Waals surface area contributed by atoms with E-state index in [4.69, 9.17) is 46.3 Å². The van der Waals surface area contributed by atoms with Crippen LogP contribution < -0.4 is 17.0 Å². The highest BCUT2D eigenvalue weighted by atomic mass is 32.7. The number of hydrogen-bond acceptors (Lipinski definition) is 16. The number of H-pyrrole nitrogens is 1. The molecule has 4 aromatic rings. The summed E-state index contributed by atoms with van der Waals surface area (Å²) in [5.41, 5.74) is 8.34. The fraction of sp³-hybridized carbons (Fsp3) is 0.412. The van der Waals surface area contributed by atoms with E-state index < -0.39 is 62.9 Å². The highest BCUT2D eigenvalue weighted by Gasteiger charge is 2.70. The molecular weight excluding hydrogens is 633 g/mol. The molecule has 2 aliphatic rings. The zero-order valence-corrected chi connectivity index (χ0v) is 23.6. The fourth-order valence-corrected chi connectivity index (χ4v) is 6.83. The van der Waals surface area contributed by atoms with E-state index in [2.05, 4.69) is 42.2 Å². The molecule has 6 heterocycles. The number of aromatic amines is 1. The number of ether oxygens (including phenoxy) is 2. The number of imidazole rings is 2. The van der Waals surface area contributed by atoms with E-state index in [9.17, 15) is 19.4 Å². The summed E-state index contributed by atoms with van der Waals surface area (Å²) in [6, 6.07) is 0. The Bertz CT molecular complexity index is 1830. The molecule has 0 bridgehead atoms. The minimum absolute atomic E-state index is 0.0454. The number of nitrogen functional groups attached to an aromatic ring is 2. The van der Waals surface area contributed by atoms with Crippen LogP contribution in [0.2, 0.25) is 0 Å². The number of halogens is 1. The molecule has 24 heteroatoms. The third kappa shape index (κ3) is 4.34. The first kappa shape index (κ1) is 28.4. The molecule has 218 valence electrons. The molecule has 0 aromatic carbocycles. The Morgan fingerprint density at radius 1 is 1.22 bits per heavy atom. The van der Waals surface area contributed by atoms with E-state index in [1.807, 2.05) is 0 Å². The Labute approximate surface area is 237 Å². The summed E-state index contributed by atoms with van der Waals surface area (Å²) in [6.45, 7) is -6.78. The van der Waals surface area contributed by atoms with Crippen LogP contribution in [-0.2, 0) is 50.9 Å². The number of rotatable bonds is 9. The maximum Gasteiger partial charge on any atom is 0.582 e. The first-order chi connectivity index (χ1) is 19.3. The minimum Gasteiger partial charge on any atom is -0.382 e. The standard InChI is InChI=1S/C17H17FN10O9P2S2/c18-16(28-6-23-7-9(19)21-4-22-10(7)28)2-34-17(16,3-35-38(31)40)37-39(32,41)36-15(1-33-13(15)30)27-5-24-8-11(27)25-14(20)26-12(8)29/h4-6,13,30H,1-3H2,(H6-,19,20,21,22,25,26,29,31,32,40,41)/p+1/t13?,15-,16+,17?,39?/m1/s1. The van der Waals surface area contributed by atoms with Crippen LogP contribution in [0.5, 0.6) is 0 Å². The summed E-state index contributed by atoms with van der Waals surface area (Å²) in [7, 11) is -2.62. The quantitative estimate of drug-likeness (QED) is 0.0968. The monoisotopic (exact) mass is 651 g/mol. The zero-order valence-electron chi connectivity index (χ0n) is 20.1. The number of nitrogens with zero attached hydrogens (tertiary/aromatic N) is 7. The van der Waals surface area contributed by atoms with Crippen molar-refractivity contribution >= 4 is 72.1 Å². The van der Waals surface area contributed by atoms with Crippen LogP contribution in [0.3, 0.4) is 0 Å². The summed E-state index contributed by atoms with van der Waals surface area (Å²) < 4.78 is 57.3. The van der Waals surface area contributed by atoms with Crippen LogP contribution in [0.4, 0.5) is 16.2 Å². The number of thiol groups is 1. The van der Waals surface area contributed by atoms with Gasteiger partial charge in [0.2, 0.25) is 18.0 Å². The van der Waals surface area contributed by atoms with Gasteiger partial charge in [-0.1, -0.05) is 0 Å². The smallest absolute Gasteiger partial charge is 0.382 e. The molecule has 4 unspecified atom stereocenters. The van der Waals surface area contributed by atoms with Gasteiger partial charge >= 0.3 is 13.9 Å². The lowest BCUT2D eigenvalue weighted by Gasteiger charge is -2.53. The Balaban J connectivity index is 1.39. The fourth-order valence-electron chi connectivity index (χ4n) is 4.35. The van der Waals surface area contributed by atoms with Crippen LogP contribution in [0.1, 0.15) is 0 Å². The molecule has 0 amide bonds. The van der Waals surface area contributed by atoms with Crippen LogP contribution in [0.25, 0.3) is 22.3 Å². The molecular formula is C17H18FN10O9P2S2+. The van der Waals surface area contributed by atoms with Gasteiger partial charge in [-0.05, 0) is 16.4 Å². The number of hydrogen-bond donors (Lipinski definition) is 6. The van der Waals surface area contributed by atoms with Crippen molar-refractivity contribution in [2.24, 2.45) is 0 Å². The van der Waals surface area contributed by atoms with E-state index in [1.54, 1.807) is 0 Å². The second-order valence-electron chi connectivity index (χ2n) is 8.76. The lowest BCUT2D eigenvalue weighted by Crippen LogP contribution is -2.70. The molecule has 2 aliphatic heterocycles. The lowest BCUT2D eigenvalue weighted by molar-refractivity contribution is -0.406. The van der Waals surface area contributed by atoms with Gasteiger partial charge in [0.1, 0.15) is 43.6 Å². The van der Waals surface area contributed by atoms with Gasteiger partial charge in [0.05, 0.1) is 6.33 Å². The van der Waals surface area contributed by atoms with Gasteiger partial charge in [-0.3, -0.25) is 28.0 Å². The molecule has 4 aromatic heterocycles. The molecule has 0 radical (unpaired) electrons. The van der Waals surface area contributed by atoms with E-state index >= 15 is 4.39 Å². The van der Waals surface area contributed by atoms with Crippen molar-refractivity contribution in [2.45, 2.75) is 23.6 Å². The molecule has 2 fully saturated rings. The summed E-state index contributed by atoms with van der Waals surface area (Å²) in [5.74, 6) is -5.68. The number of anilines is 2. The van der Waals surface area contributed by atoms with Crippen LogP contribution >= 0.6 is 26.2 Å². The summed E-state index contributed by atoms with van der Waals surface area (Å²) in [5, 5.41) is 10.6. The Morgan fingerprint density at radius 2 is 1.95 bits per heavy atom. The number of fused-ring (bicyclic) bond motifs is 2.